The van der Waals surface area contributed by atoms with E-state index in [2.05, 4.69) is 81.5 Å². The summed E-state index contributed by atoms with van der Waals surface area (Å²) >= 11 is 0. The summed E-state index contributed by atoms with van der Waals surface area (Å²) in [5, 5.41) is 0. The minimum Gasteiger partial charge on any atom is -0.462 e. The molecule has 0 fully saturated rings. The van der Waals surface area contributed by atoms with E-state index in [-0.39, 0.29) is 31.1 Å². The maximum atomic E-state index is 12.9. The van der Waals surface area contributed by atoms with E-state index in [9.17, 15) is 14.4 Å². The highest BCUT2D eigenvalue weighted by Crippen LogP contribution is 2.19. The standard InChI is InChI=1S/C77H140O6/c1-4-7-10-13-16-19-22-25-27-29-31-33-34-35-36-37-38-39-40-41-42-43-45-46-48-50-52-55-58-61-64-67-70-76(79)82-73-74(72-81-75(78)69-66-63-60-57-54-24-21-18-15-12-9-6-3)83-77(80)71-68-65-62-59-56-53-51-49-47-44-32-30-28-26-23-20-17-14-11-8-5-2/h8,11,17-18,20-21,26,28,32,44,74H,4-7,9-10,12-16,19,22-25,27,29-31,33-43,45-73H2,1-3H3/b11-8-,20-17-,21-18-,28-26-,44-32-. The van der Waals surface area contributed by atoms with Gasteiger partial charge in [0.25, 0.3) is 0 Å². The Morgan fingerprint density at radius 2 is 0.470 bits per heavy atom. The fourth-order valence-corrected chi connectivity index (χ4v) is 11.0. The highest BCUT2D eigenvalue weighted by Gasteiger charge is 2.19. The number of unbranched alkanes of at least 4 members (excludes halogenated alkanes) is 47. The Hall–Kier alpha value is -2.89. The first-order valence-corrected chi connectivity index (χ1v) is 36.8. The van der Waals surface area contributed by atoms with E-state index in [4.69, 9.17) is 14.2 Å². The zero-order valence-corrected chi connectivity index (χ0v) is 55.7. The lowest BCUT2D eigenvalue weighted by Gasteiger charge is -2.18. The van der Waals surface area contributed by atoms with Gasteiger partial charge in [-0.3, -0.25) is 14.4 Å². The van der Waals surface area contributed by atoms with Crippen LogP contribution < -0.4 is 0 Å². The molecule has 0 aromatic heterocycles. The molecule has 0 N–H and O–H groups in total. The maximum Gasteiger partial charge on any atom is 0.306 e. The number of hydrogen-bond donors (Lipinski definition) is 0. The van der Waals surface area contributed by atoms with Crippen LogP contribution >= 0.6 is 0 Å². The summed E-state index contributed by atoms with van der Waals surface area (Å²) in [4.78, 5) is 38.4. The van der Waals surface area contributed by atoms with E-state index >= 15 is 0 Å². The Morgan fingerprint density at radius 1 is 0.253 bits per heavy atom. The minimum atomic E-state index is -0.782. The average Bonchev–Trinajstić information content (AvgIpc) is 3.49. The van der Waals surface area contributed by atoms with Crippen molar-refractivity contribution in [3.63, 3.8) is 0 Å². The van der Waals surface area contributed by atoms with Gasteiger partial charge in [0, 0.05) is 19.3 Å². The number of hydrogen-bond acceptors (Lipinski definition) is 6. The molecule has 1 atom stereocenters. The molecule has 0 aromatic rings. The van der Waals surface area contributed by atoms with Gasteiger partial charge >= 0.3 is 17.9 Å². The molecule has 484 valence electrons. The summed E-state index contributed by atoms with van der Waals surface area (Å²) in [6, 6.07) is 0. The third-order valence-corrected chi connectivity index (χ3v) is 16.5. The van der Waals surface area contributed by atoms with Gasteiger partial charge in [-0.1, -0.05) is 351 Å². The van der Waals surface area contributed by atoms with E-state index in [1.807, 2.05) is 0 Å². The van der Waals surface area contributed by atoms with Gasteiger partial charge in [-0.25, -0.2) is 0 Å². The van der Waals surface area contributed by atoms with Crippen LogP contribution in [0.15, 0.2) is 60.8 Å². The van der Waals surface area contributed by atoms with Gasteiger partial charge in [0.05, 0.1) is 0 Å². The van der Waals surface area contributed by atoms with Gasteiger partial charge in [0.1, 0.15) is 13.2 Å². The van der Waals surface area contributed by atoms with E-state index in [0.29, 0.717) is 19.3 Å². The van der Waals surface area contributed by atoms with Crippen LogP contribution in [0.3, 0.4) is 0 Å². The molecule has 0 aromatic carbocycles. The number of carbonyl (C=O) groups excluding carboxylic acids is 3. The lowest BCUT2D eigenvalue weighted by atomic mass is 10.0. The monoisotopic (exact) mass is 1160 g/mol. The van der Waals surface area contributed by atoms with Crippen molar-refractivity contribution in [1.82, 2.24) is 0 Å². The second kappa shape index (κ2) is 71.6. The molecule has 0 aliphatic heterocycles. The molecular weight excluding hydrogens is 1020 g/mol. The first-order valence-electron chi connectivity index (χ1n) is 36.8. The molecule has 83 heavy (non-hydrogen) atoms. The molecule has 0 saturated heterocycles. The van der Waals surface area contributed by atoms with Gasteiger partial charge in [0.2, 0.25) is 0 Å². The molecule has 0 bridgehead atoms. The van der Waals surface area contributed by atoms with Crippen molar-refractivity contribution >= 4 is 17.9 Å². The summed E-state index contributed by atoms with van der Waals surface area (Å²) in [6.07, 6.45) is 92.8. The molecule has 1 unspecified atom stereocenters. The highest BCUT2D eigenvalue weighted by atomic mass is 16.6. The van der Waals surface area contributed by atoms with Crippen LogP contribution in [0, 0.1) is 0 Å². The average molecular weight is 1160 g/mol. The van der Waals surface area contributed by atoms with Crippen LogP contribution in [0.5, 0.6) is 0 Å². The van der Waals surface area contributed by atoms with E-state index < -0.39 is 6.10 Å². The number of rotatable bonds is 68. The third-order valence-electron chi connectivity index (χ3n) is 16.5. The number of esters is 3. The van der Waals surface area contributed by atoms with Gasteiger partial charge in [-0.05, 0) is 83.5 Å². The normalized spacial score (nSPS) is 12.4. The Kier molecular flexibility index (Phi) is 69.1. The number of allylic oxidation sites excluding steroid dienone is 10. The van der Waals surface area contributed by atoms with Gasteiger partial charge < -0.3 is 14.2 Å². The molecule has 0 heterocycles. The lowest BCUT2D eigenvalue weighted by molar-refractivity contribution is -0.167. The lowest BCUT2D eigenvalue weighted by Crippen LogP contribution is -2.30. The predicted octanol–water partition coefficient (Wildman–Crippen LogP) is 25.5. The van der Waals surface area contributed by atoms with Crippen molar-refractivity contribution in [2.75, 3.05) is 13.2 Å². The van der Waals surface area contributed by atoms with Gasteiger partial charge in [-0.15, -0.1) is 0 Å². The summed E-state index contributed by atoms with van der Waals surface area (Å²) in [5.74, 6) is -0.872. The maximum absolute atomic E-state index is 12.9. The second-order valence-electron chi connectivity index (χ2n) is 24.8. The SMILES string of the molecule is CC/C=C\C/C=C\C/C=C\C/C=C\CCCCCCCCCCC(=O)OC(COC(=O)CCCCCCC/C=C\CCCCC)COC(=O)CCCCCCCCCCCCCCCCCCCCCCCCCCCCCCCCCC. The topological polar surface area (TPSA) is 78.9 Å². The zero-order chi connectivity index (χ0) is 59.9. The molecule has 0 radical (unpaired) electrons. The summed E-state index contributed by atoms with van der Waals surface area (Å²) in [6.45, 7) is 6.55. The highest BCUT2D eigenvalue weighted by molar-refractivity contribution is 5.71. The fraction of sp³-hybridized carbons (Fsp3) is 0.831. The van der Waals surface area contributed by atoms with Gasteiger partial charge in [0.15, 0.2) is 6.10 Å². The Balaban J connectivity index is 4.14. The van der Waals surface area contributed by atoms with E-state index in [0.717, 1.165) is 96.3 Å². The molecule has 0 spiro atoms. The van der Waals surface area contributed by atoms with Crippen molar-refractivity contribution in [1.29, 1.82) is 0 Å². The van der Waals surface area contributed by atoms with Crippen LogP contribution in [0.25, 0.3) is 0 Å². The molecular formula is C77H140O6. The summed E-state index contributed by atoms with van der Waals surface area (Å²) < 4.78 is 17.0. The second-order valence-corrected chi connectivity index (χ2v) is 24.8. The molecule has 6 heteroatoms. The largest absolute Gasteiger partial charge is 0.462 e. The summed E-state index contributed by atoms with van der Waals surface area (Å²) in [5.41, 5.74) is 0. The third kappa shape index (κ3) is 69.8. The molecule has 0 aliphatic rings. The molecule has 6 nitrogen and oxygen atoms in total. The van der Waals surface area contributed by atoms with Crippen molar-refractivity contribution in [2.45, 2.75) is 399 Å². The van der Waals surface area contributed by atoms with Crippen molar-refractivity contribution < 1.29 is 28.6 Å². The Labute approximate surface area is 517 Å². The van der Waals surface area contributed by atoms with Crippen molar-refractivity contribution in [3.8, 4) is 0 Å². The minimum absolute atomic E-state index is 0.0766. The summed E-state index contributed by atoms with van der Waals surface area (Å²) in [7, 11) is 0. The van der Waals surface area contributed by atoms with Gasteiger partial charge in [-0.2, -0.15) is 0 Å². The quantitative estimate of drug-likeness (QED) is 0.0261. The van der Waals surface area contributed by atoms with Crippen LogP contribution in [0.2, 0.25) is 0 Å². The van der Waals surface area contributed by atoms with E-state index in [1.54, 1.807) is 0 Å². The molecule has 0 amide bonds. The molecule has 0 rings (SSSR count). The molecule has 0 saturated carbocycles. The predicted molar refractivity (Wildman–Crippen MR) is 362 cm³/mol. The fourth-order valence-electron chi connectivity index (χ4n) is 11.0. The first kappa shape index (κ1) is 80.1. The van der Waals surface area contributed by atoms with Crippen molar-refractivity contribution in [3.05, 3.63) is 60.8 Å². The van der Waals surface area contributed by atoms with Crippen LogP contribution in [-0.4, -0.2) is 37.2 Å². The van der Waals surface area contributed by atoms with Crippen LogP contribution in [-0.2, 0) is 28.6 Å². The smallest absolute Gasteiger partial charge is 0.306 e. The first-order chi connectivity index (χ1) is 41.0. The molecule has 0 aliphatic carbocycles. The Bertz CT molecular complexity index is 1470. The van der Waals surface area contributed by atoms with Crippen LogP contribution in [0.1, 0.15) is 393 Å². The van der Waals surface area contributed by atoms with Crippen molar-refractivity contribution in [2.24, 2.45) is 0 Å². The van der Waals surface area contributed by atoms with E-state index in [1.165, 1.54) is 257 Å². The number of ether oxygens (including phenoxy) is 3. The van der Waals surface area contributed by atoms with Crippen LogP contribution in [0.4, 0.5) is 0 Å². The zero-order valence-electron chi connectivity index (χ0n) is 55.7. The number of carbonyl (C=O) groups is 3. The Morgan fingerprint density at radius 3 is 0.771 bits per heavy atom.